The van der Waals surface area contributed by atoms with Gasteiger partial charge in [0, 0.05) is 24.3 Å². The lowest BCUT2D eigenvalue weighted by molar-refractivity contribution is 0.0839. The minimum absolute atomic E-state index is 0.405. The molecule has 16 heavy (non-hydrogen) atoms. The normalized spacial score (nSPS) is 24.8. The molecule has 1 saturated heterocycles. The smallest absolute Gasteiger partial charge is 0.106 e. The van der Waals surface area contributed by atoms with Crippen LogP contribution >= 0.6 is 12.2 Å². The van der Waals surface area contributed by atoms with Gasteiger partial charge >= 0.3 is 0 Å². The molecular formula is C12H16N2OS. The first-order chi connectivity index (χ1) is 7.49. The van der Waals surface area contributed by atoms with Gasteiger partial charge in [0.2, 0.25) is 0 Å². The highest BCUT2D eigenvalue weighted by molar-refractivity contribution is 7.80. The molecule has 0 bridgehead atoms. The average Bonchev–Trinajstić information content (AvgIpc) is 2.59. The molecule has 86 valence electrons. The van der Waals surface area contributed by atoms with Gasteiger partial charge in [-0.25, -0.2) is 0 Å². The third-order valence-electron chi connectivity index (χ3n) is 2.96. The molecule has 1 aliphatic rings. The number of β-amino-alcohol motifs (C(OH)–C–C–N with tert-alkyl or cyclic N) is 1. The minimum Gasteiger partial charge on any atom is -0.389 e. The molecule has 0 aromatic heterocycles. The fourth-order valence-corrected chi connectivity index (χ4v) is 2.28. The van der Waals surface area contributed by atoms with E-state index in [-0.39, 0.29) is 0 Å². The van der Waals surface area contributed by atoms with Crippen molar-refractivity contribution in [1.29, 1.82) is 0 Å². The van der Waals surface area contributed by atoms with Gasteiger partial charge in [-0.15, -0.1) is 0 Å². The number of thiocarbonyl (C=S) groups is 1. The summed E-state index contributed by atoms with van der Waals surface area (Å²) in [6.07, 6.45) is 0.776. The Hall–Kier alpha value is -1.13. The van der Waals surface area contributed by atoms with Gasteiger partial charge in [0.15, 0.2) is 0 Å². The van der Waals surface area contributed by atoms with Crippen LogP contribution in [0.15, 0.2) is 24.3 Å². The van der Waals surface area contributed by atoms with Crippen molar-refractivity contribution in [2.45, 2.75) is 18.9 Å². The molecule has 1 atom stereocenters. The van der Waals surface area contributed by atoms with E-state index < -0.39 is 5.60 Å². The first-order valence-electron chi connectivity index (χ1n) is 5.36. The van der Waals surface area contributed by atoms with E-state index in [1.54, 1.807) is 0 Å². The number of nitrogens with zero attached hydrogens (tertiary/aromatic N) is 1. The molecule has 1 aliphatic heterocycles. The van der Waals surface area contributed by atoms with Gasteiger partial charge in [-0.05, 0) is 25.5 Å². The highest BCUT2D eigenvalue weighted by atomic mass is 32.1. The average molecular weight is 236 g/mol. The molecule has 1 fully saturated rings. The molecule has 3 N–H and O–H groups in total. The molecule has 0 amide bonds. The van der Waals surface area contributed by atoms with Crippen molar-refractivity contribution in [3.8, 4) is 0 Å². The van der Waals surface area contributed by atoms with Crippen LogP contribution in [0, 0.1) is 0 Å². The Kier molecular flexibility index (Phi) is 2.86. The largest absolute Gasteiger partial charge is 0.389 e. The van der Waals surface area contributed by atoms with Crippen LogP contribution in [0.4, 0.5) is 5.69 Å². The Bertz CT molecular complexity index is 417. The first kappa shape index (κ1) is 11.4. The highest BCUT2D eigenvalue weighted by Crippen LogP contribution is 2.28. The lowest BCUT2D eigenvalue weighted by atomic mass is 10.1. The molecule has 0 spiro atoms. The number of aliphatic hydroxyl groups is 1. The second-order valence-corrected chi connectivity index (χ2v) is 4.99. The second kappa shape index (κ2) is 4.03. The SMILES string of the molecule is CC1(O)CCN(c2ccccc2C(N)=S)C1. The van der Waals surface area contributed by atoms with Gasteiger partial charge in [-0.2, -0.15) is 0 Å². The van der Waals surface area contributed by atoms with Crippen LogP contribution in [0.5, 0.6) is 0 Å². The molecule has 0 saturated carbocycles. The van der Waals surface area contributed by atoms with E-state index in [4.69, 9.17) is 18.0 Å². The van der Waals surface area contributed by atoms with Crippen LogP contribution in [0.1, 0.15) is 18.9 Å². The third-order valence-corrected chi connectivity index (χ3v) is 3.18. The lowest BCUT2D eigenvalue weighted by Crippen LogP contribution is -2.30. The second-order valence-electron chi connectivity index (χ2n) is 4.55. The van der Waals surface area contributed by atoms with Crippen LogP contribution in [0.2, 0.25) is 0 Å². The van der Waals surface area contributed by atoms with Crippen LogP contribution in [0.3, 0.4) is 0 Å². The van der Waals surface area contributed by atoms with Gasteiger partial charge in [0.05, 0.1) is 5.60 Å². The fraction of sp³-hybridized carbons (Fsp3) is 0.417. The number of anilines is 1. The van der Waals surface area contributed by atoms with E-state index in [1.165, 1.54) is 0 Å². The van der Waals surface area contributed by atoms with Gasteiger partial charge in [-0.1, -0.05) is 24.4 Å². The molecule has 3 nitrogen and oxygen atoms in total. The van der Waals surface area contributed by atoms with E-state index in [0.717, 1.165) is 24.2 Å². The molecule has 1 unspecified atom stereocenters. The summed E-state index contributed by atoms with van der Waals surface area (Å²) in [5.74, 6) is 0. The first-order valence-corrected chi connectivity index (χ1v) is 5.77. The molecule has 1 heterocycles. The van der Waals surface area contributed by atoms with Crippen molar-refractivity contribution < 1.29 is 5.11 Å². The zero-order valence-corrected chi connectivity index (χ0v) is 10.1. The van der Waals surface area contributed by atoms with E-state index in [2.05, 4.69) is 4.90 Å². The number of rotatable bonds is 2. The van der Waals surface area contributed by atoms with E-state index in [0.29, 0.717) is 11.5 Å². The van der Waals surface area contributed by atoms with Crippen LogP contribution in [-0.4, -0.2) is 28.8 Å². The van der Waals surface area contributed by atoms with E-state index >= 15 is 0 Å². The molecule has 4 heteroatoms. The summed E-state index contributed by atoms with van der Waals surface area (Å²) in [6, 6.07) is 7.80. The molecule has 2 rings (SSSR count). The predicted molar refractivity (Wildman–Crippen MR) is 69.8 cm³/mol. The Morgan fingerprint density at radius 3 is 2.75 bits per heavy atom. The highest BCUT2D eigenvalue weighted by Gasteiger charge is 2.32. The Balaban J connectivity index is 2.31. The van der Waals surface area contributed by atoms with E-state index in [9.17, 15) is 5.11 Å². The Morgan fingerprint density at radius 1 is 1.50 bits per heavy atom. The molecule has 0 radical (unpaired) electrons. The summed E-state index contributed by atoms with van der Waals surface area (Å²) in [6.45, 7) is 3.33. The zero-order valence-electron chi connectivity index (χ0n) is 9.31. The van der Waals surface area contributed by atoms with Crippen molar-refractivity contribution in [3.05, 3.63) is 29.8 Å². The topological polar surface area (TPSA) is 49.5 Å². The van der Waals surface area contributed by atoms with Crippen molar-refractivity contribution in [1.82, 2.24) is 0 Å². The predicted octanol–water partition coefficient (Wildman–Crippen LogP) is 1.28. The Labute approximate surface area is 101 Å². The van der Waals surface area contributed by atoms with Crippen molar-refractivity contribution in [2.24, 2.45) is 5.73 Å². The van der Waals surface area contributed by atoms with Gasteiger partial charge in [0.1, 0.15) is 4.99 Å². The number of para-hydroxylation sites is 1. The van der Waals surface area contributed by atoms with Gasteiger partial charge in [0.25, 0.3) is 0 Å². The number of benzene rings is 1. The number of hydrogen-bond acceptors (Lipinski definition) is 3. The zero-order chi connectivity index (χ0) is 11.8. The molecular weight excluding hydrogens is 220 g/mol. The quantitative estimate of drug-likeness (QED) is 0.760. The monoisotopic (exact) mass is 236 g/mol. The van der Waals surface area contributed by atoms with Crippen molar-refractivity contribution in [3.63, 3.8) is 0 Å². The summed E-state index contributed by atoms with van der Waals surface area (Å²) in [4.78, 5) is 2.54. The molecule has 1 aromatic rings. The van der Waals surface area contributed by atoms with Crippen molar-refractivity contribution >= 4 is 22.9 Å². The summed E-state index contributed by atoms with van der Waals surface area (Å²) in [7, 11) is 0. The molecule has 0 aliphatic carbocycles. The van der Waals surface area contributed by atoms with Crippen LogP contribution in [0.25, 0.3) is 0 Å². The summed E-state index contributed by atoms with van der Waals surface area (Å²) < 4.78 is 0. The number of hydrogen-bond donors (Lipinski definition) is 2. The maximum absolute atomic E-state index is 9.95. The maximum atomic E-state index is 9.95. The fourth-order valence-electron chi connectivity index (χ4n) is 2.11. The maximum Gasteiger partial charge on any atom is 0.106 e. The van der Waals surface area contributed by atoms with E-state index in [1.807, 2.05) is 31.2 Å². The minimum atomic E-state index is -0.608. The van der Waals surface area contributed by atoms with Crippen molar-refractivity contribution in [2.75, 3.05) is 18.0 Å². The van der Waals surface area contributed by atoms with Gasteiger partial charge < -0.3 is 15.7 Å². The summed E-state index contributed by atoms with van der Waals surface area (Å²) in [5.41, 5.74) is 6.99. The van der Waals surface area contributed by atoms with Crippen LogP contribution in [-0.2, 0) is 0 Å². The third kappa shape index (κ3) is 2.18. The van der Waals surface area contributed by atoms with Gasteiger partial charge in [-0.3, -0.25) is 0 Å². The number of nitrogens with two attached hydrogens (primary N) is 1. The summed E-state index contributed by atoms with van der Waals surface area (Å²) >= 11 is 5.03. The van der Waals surface area contributed by atoms with Crippen LogP contribution < -0.4 is 10.6 Å². The molecule has 1 aromatic carbocycles. The standard InChI is InChI=1S/C12H16N2OS/c1-12(15)6-7-14(8-12)10-5-3-2-4-9(10)11(13)16/h2-5,15H,6-8H2,1H3,(H2,13,16). The summed E-state index contributed by atoms with van der Waals surface area (Å²) in [5, 5.41) is 9.95. The Morgan fingerprint density at radius 2 is 2.19 bits per heavy atom. The lowest BCUT2D eigenvalue weighted by Gasteiger charge is -2.23.